The van der Waals surface area contributed by atoms with Gasteiger partial charge in [0.2, 0.25) is 0 Å². The van der Waals surface area contributed by atoms with Gasteiger partial charge in [-0.05, 0) is 38.3 Å². The van der Waals surface area contributed by atoms with Crippen molar-refractivity contribution in [3.05, 3.63) is 60.3 Å². The van der Waals surface area contributed by atoms with Crippen molar-refractivity contribution in [2.45, 2.75) is 49.6 Å². The van der Waals surface area contributed by atoms with E-state index >= 15 is 0 Å². The van der Waals surface area contributed by atoms with E-state index in [1.54, 1.807) is 6.20 Å². The molecular weight excluding hydrogens is 428 g/mol. The Morgan fingerprint density at radius 2 is 2.03 bits per heavy atom. The van der Waals surface area contributed by atoms with Gasteiger partial charge in [-0.2, -0.15) is 5.10 Å². The van der Waals surface area contributed by atoms with E-state index in [1.165, 1.54) is 12.3 Å². The number of nitrogens with zero attached hydrogens (tertiary/aromatic N) is 4. The highest BCUT2D eigenvalue weighted by molar-refractivity contribution is 7.92. The quantitative estimate of drug-likeness (QED) is 0.593. The SMILES string of the molecule is CCn1nccc1C1CCCC1Oc1cc(F)c(S(=O)(=O)Nc2ccncn2)cc1F. The molecule has 1 aliphatic carbocycles. The van der Waals surface area contributed by atoms with Crippen LogP contribution in [-0.4, -0.2) is 34.3 Å². The summed E-state index contributed by atoms with van der Waals surface area (Å²) < 4.78 is 64.2. The van der Waals surface area contributed by atoms with Gasteiger partial charge in [0.25, 0.3) is 10.0 Å². The smallest absolute Gasteiger partial charge is 0.266 e. The Hall–Kier alpha value is -3.08. The molecule has 1 aliphatic rings. The van der Waals surface area contributed by atoms with Gasteiger partial charge < -0.3 is 4.74 Å². The van der Waals surface area contributed by atoms with Crippen LogP contribution in [0.1, 0.15) is 37.8 Å². The molecule has 1 aromatic carbocycles. The van der Waals surface area contributed by atoms with Gasteiger partial charge in [-0.3, -0.25) is 9.40 Å². The van der Waals surface area contributed by atoms with Crippen molar-refractivity contribution in [2.75, 3.05) is 4.72 Å². The Morgan fingerprint density at radius 1 is 1.19 bits per heavy atom. The molecule has 0 spiro atoms. The lowest BCUT2D eigenvalue weighted by Crippen LogP contribution is -2.23. The van der Waals surface area contributed by atoms with E-state index in [4.69, 9.17) is 4.74 Å². The Kier molecular flexibility index (Phi) is 5.86. The van der Waals surface area contributed by atoms with Crippen LogP contribution in [0.4, 0.5) is 14.6 Å². The Morgan fingerprint density at radius 3 is 2.77 bits per heavy atom. The van der Waals surface area contributed by atoms with Crippen molar-refractivity contribution in [3.8, 4) is 5.75 Å². The number of ether oxygens (including phenoxy) is 1. The molecule has 1 fully saturated rings. The Labute approximate surface area is 178 Å². The van der Waals surface area contributed by atoms with E-state index < -0.39 is 26.6 Å². The summed E-state index contributed by atoms with van der Waals surface area (Å²) in [6.45, 7) is 2.67. The molecule has 1 N–H and O–H groups in total. The van der Waals surface area contributed by atoms with Crippen LogP contribution in [0.5, 0.6) is 5.75 Å². The van der Waals surface area contributed by atoms with Crippen molar-refractivity contribution in [2.24, 2.45) is 0 Å². The van der Waals surface area contributed by atoms with Crippen LogP contribution in [0.2, 0.25) is 0 Å². The zero-order valence-electron chi connectivity index (χ0n) is 16.7. The molecule has 2 unspecified atom stereocenters. The number of hydrogen-bond donors (Lipinski definition) is 1. The zero-order valence-corrected chi connectivity index (χ0v) is 17.5. The van der Waals surface area contributed by atoms with Crippen LogP contribution >= 0.6 is 0 Å². The maximum Gasteiger partial charge on any atom is 0.266 e. The number of halogens is 2. The van der Waals surface area contributed by atoms with Crippen LogP contribution < -0.4 is 9.46 Å². The number of aromatic nitrogens is 4. The minimum Gasteiger partial charge on any atom is -0.487 e. The second-order valence-corrected chi connectivity index (χ2v) is 8.83. The highest BCUT2D eigenvalue weighted by Crippen LogP contribution is 2.38. The van der Waals surface area contributed by atoms with Crippen molar-refractivity contribution in [1.29, 1.82) is 0 Å². The van der Waals surface area contributed by atoms with Gasteiger partial charge in [-0.15, -0.1) is 0 Å². The lowest BCUT2D eigenvalue weighted by atomic mass is 10.0. The summed E-state index contributed by atoms with van der Waals surface area (Å²) in [7, 11) is -4.39. The van der Waals surface area contributed by atoms with Gasteiger partial charge in [0.05, 0.1) is 0 Å². The van der Waals surface area contributed by atoms with Crippen molar-refractivity contribution in [1.82, 2.24) is 19.7 Å². The van der Waals surface area contributed by atoms with Crippen molar-refractivity contribution in [3.63, 3.8) is 0 Å². The number of sulfonamides is 1. The van der Waals surface area contributed by atoms with E-state index in [-0.39, 0.29) is 23.6 Å². The Balaban J connectivity index is 1.57. The predicted octanol–water partition coefficient (Wildman–Crippen LogP) is 3.49. The normalized spacial score (nSPS) is 18.8. The number of rotatable bonds is 7. The molecule has 0 aliphatic heterocycles. The third kappa shape index (κ3) is 4.36. The maximum atomic E-state index is 14.7. The van der Waals surface area contributed by atoms with E-state index in [1.807, 2.05) is 17.7 Å². The first-order valence-electron chi connectivity index (χ1n) is 9.85. The second kappa shape index (κ2) is 8.58. The largest absolute Gasteiger partial charge is 0.487 e. The molecule has 4 rings (SSSR count). The molecule has 164 valence electrons. The lowest BCUT2D eigenvalue weighted by Gasteiger charge is -2.22. The molecule has 2 atom stereocenters. The molecule has 0 saturated heterocycles. The average molecular weight is 449 g/mol. The van der Waals surface area contributed by atoms with Crippen LogP contribution in [-0.2, 0) is 16.6 Å². The first kappa shape index (κ1) is 21.2. The van der Waals surface area contributed by atoms with Crippen LogP contribution in [0.15, 0.2) is 47.9 Å². The second-order valence-electron chi connectivity index (χ2n) is 7.18. The molecule has 0 radical (unpaired) electrons. The number of hydrogen-bond acceptors (Lipinski definition) is 6. The van der Waals surface area contributed by atoms with Crippen LogP contribution in [0.25, 0.3) is 0 Å². The number of anilines is 1. The molecule has 1 saturated carbocycles. The zero-order chi connectivity index (χ0) is 22.0. The van der Waals surface area contributed by atoms with Gasteiger partial charge in [-0.1, -0.05) is 0 Å². The topological polar surface area (TPSA) is 99.0 Å². The summed E-state index contributed by atoms with van der Waals surface area (Å²) in [5, 5.41) is 4.27. The molecule has 8 nitrogen and oxygen atoms in total. The van der Waals surface area contributed by atoms with Crippen LogP contribution in [0, 0.1) is 11.6 Å². The van der Waals surface area contributed by atoms with Gasteiger partial charge in [-0.25, -0.2) is 27.2 Å². The highest BCUT2D eigenvalue weighted by Gasteiger charge is 2.34. The summed E-state index contributed by atoms with van der Waals surface area (Å²) >= 11 is 0. The third-order valence-electron chi connectivity index (χ3n) is 5.26. The molecule has 0 bridgehead atoms. The monoisotopic (exact) mass is 449 g/mol. The van der Waals surface area contributed by atoms with Gasteiger partial charge >= 0.3 is 0 Å². The van der Waals surface area contributed by atoms with Crippen molar-refractivity contribution >= 4 is 15.8 Å². The van der Waals surface area contributed by atoms with E-state index in [0.29, 0.717) is 19.0 Å². The molecule has 2 heterocycles. The maximum absolute atomic E-state index is 14.7. The summed E-state index contributed by atoms with van der Waals surface area (Å²) in [6, 6.07) is 4.59. The van der Waals surface area contributed by atoms with Gasteiger partial charge in [0.15, 0.2) is 11.6 Å². The summed E-state index contributed by atoms with van der Waals surface area (Å²) in [5.41, 5.74) is 0.985. The third-order valence-corrected chi connectivity index (χ3v) is 6.63. The van der Waals surface area contributed by atoms with E-state index in [0.717, 1.165) is 30.9 Å². The van der Waals surface area contributed by atoms with Crippen molar-refractivity contribution < 1.29 is 21.9 Å². The molecule has 2 aromatic heterocycles. The molecule has 11 heteroatoms. The van der Waals surface area contributed by atoms with E-state index in [9.17, 15) is 17.2 Å². The number of nitrogens with one attached hydrogen (secondary N) is 1. The predicted molar refractivity (Wildman–Crippen MR) is 108 cm³/mol. The molecular formula is C20H21F2N5O3S. The summed E-state index contributed by atoms with van der Waals surface area (Å²) in [6.07, 6.45) is 6.20. The molecule has 31 heavy (non-hydrogen) atoms. The van der Waals surface area contributed by atoms with Gasteiger partial charge in [0, 0.05) is 42.7 Å². The number of aryl methyl sites for hydroxylation is 1. The highest BCUT2D eigenvalue weighted by atomic mass is 32.2. The first-order valence-corrected chi connectivity index (χ1v) is 11.3. The molecule has 0 amide bonds. The van der Waals surface area contributed by atoms with Crippen LogP contribution in [0.3, 0.4) is 0 Å². The fraction of sp³-hybridized carbons (Fsp3) is 0.350. The first-order chi connectivity index (χ1) is 14.9. The van der Waals surface area contributed by atoms with E-state index in [2.05, 4.69) is 19.8 Å². The lowest BCUT2D eigenvalue weighted by molar-refractivity contribution is 0.177. The minimum atomic E-state index is -4.39. The summed E-state index contributed by atoms with van der Waals surface area (Å²) in [5.74, 6) is -2.47. The fourth-order valence-electron chi connectivity index (χ4n) is 3.84. The number of benzene rings is 1. The molecule has 3 aromatic rings. The standard InChI is InChI=1S/C20H21F2N5O3S/c1-2-27-16(6-9-25-27)13-4-3-5-17(13)30-18-10-15(22)19(11-14(18)21)31(28,29)26-20-7-8-23-12-24-20/h6-13,17H,2-5H2,1H3,(H,23,24,26). The average Bonchev–Trinajstić information content (AvgIpc) is 3.39. The minimum absolute atomic E-state index is 0.00671. The fourth-order valence-corrected chi connectivity index (χ4v) is 4.92. The Bertz CT molecular complexity index is 1170. The van der Waals surface area contributed by atoms with Gasteiger partial charge in [0.1, 0.15) is 29.0 Å². The summed E-state index contributed by atoms with van der Waals surface area (Å²) in [4.78, 5) is 6.57.